The van der Waals surface area contributed by atoms with Crippen LogP contribution >= 0.6 is 11.3 Å². The van der Waals surface area contributed by atoms with Gasteiger partial charge < -0.3 is 4.74 Å². The highest BCUT2D eigenvalue weighted by Crippen LogP contribution is 2.13. The summed E-state index contributed by atoms with van der Waals surface area (Å²) in [6.45, 7) is 2.53. The van der Waals surface area contributed by atoms with Gasteiger partial charge in [-0.3, -0.25) is 0 Å². The van der Waals surface area contributed by atoms with E-state index in [4.69, 9.17) is 10.00 Å². The average Bonchev–Trinajstić information content (AvgIpc) is 2.76. The predicted molar refractivity (Wildman–Crippen MR) is 65.0 cm³/mol. The lowest BCUT2D eigenvalue weighted by atomic mass is 10.3. The molecular formula is C12H11N3OS. The van der Waals surface area contributed by atoms with E-state index >= 15 is 0 Å². The van der Waals surface area contributed by atoms with Crippen molar-refractivity contribution in [2.24, 2.45) is 0 Å². The lowest BCUT2D eigenvalue weighted by Crippen LogP contribution is -2.02. The topological polar surface area (TPSA) is 58.8 Å². The van der Waals surface area contributed by atoms with Gasteiger partial charge in [-0.05, 0) is 13.0 Å². The maximum Gasteiger partial charge on any atom is 0.214 e. The smallest absolute Gasteiger partial charge is 0.214 e. The van der Waals surface area contributed by atoms with Crippen LogP contribution in [0, 0.1) is 18.3 Å². The van der Waals surface area contributed by atoms with E-state index < -0.39 is 0 Å². The Labute approximate surface area is 104 Å². The van der Waals surface area contributed by atoms with Gasteiger partial charge in [-0.15, -0.1) is 11.3 Å². The third-order valence-electron chi connectivity index (χ3n) is 2.26. The number of aryl methyl sites for hydroxylation is 1. The molecule has 0 saturated carbocycles. The van der Waals surface area contributed by atoms with Crippen LogP contribution in [0.4, 0.5) is 0 Å². The molecule has 0 aliphatic carbocycles. The Balaban J connectivity index is 1.90. The maximum atomic E-state index is 8.70. The van der Waals surface area contributed by atoms with Crippen molar-refractivity contribution in [2.45, 2.75) is 13.3 Å². The van der Waals surface area contributed by atoms with Crippen molar-refractivity contribution in [2.75, 3.05) is 6.61 Å². The van der Waals surface area contributed by atoms with Crippen LogP contribution in [-0.2, 0) is 6.42 Å². The van der Waals surface area contributed by atoms with Crippen molar-refractivity contribution in [1.82, 2.24) is 9.97 Å². The van der Waals surface area contributed by atoms with Crippen LogP contribution in [0.1, 0.15) is 16.3 Å². The molecular weight excluding hydrogens is 234 g/mol. The van der Waals surface area contributed by atoms with Gasteiger partial charge in [0.05, 0.1) is 17.8 Å². The third kappa shape index (κ3) is 3.02. The van der Waals surface area contributed by atoms with E-state index in [-0.39, 0.29) is 0 Å². The second-order valence-corrected chi connectivity index (χ2v) is 4.37. The summed E-state index contributed by atoms with van der Waals surface area (Å²) in [6, 6.07) is 7.15. The van der Waals surface area contributed by atoms with Crippen LogP contribution in [0.3, 0.4) is 0 Å². The molecule has 0 aliphatic rings. The second-order valence-electron chi connectivity index (χ2n) is 3.43. The van der Waals surface area contributed by atoms with Crippen LogP contribution in [0.25, 0.3) is 0 Å². The van der Waals surface area contributed by atoms with Crippen LogP contribution in [0.15, 0.2) is 23.7 Å². The van der Waals surface area contributed by atoms with E-state index in [9.17, 15) is 0 Å². The Hall–Kier alpha value is -1.93. The molecule has 2 aromatic heterocycles. The van der Waals surface area contributed by atoms with Gasteiger partial charge in [0.15, 0.2) is 0 Å². The molecule has 2 rings (SSSR count). The van der Waals surface area contributed by atoms with Gasteiger partial charge in [0, 0.05) is 17.4 Å². The highest BCUT2D eigenvalue weighted by molar-refractivity contribution is 7.09. The minimum Gasteiger partial charge on any atom is -0.477 e. The summed E-state index contributed by atoms with van der Waals surface area (Å²) >= 11 is 1.63. The van der Waals surface area contributed by atoms with Crippen LogP contribution in [0.5, 0.6) is 5.88 Å². The standard InChI is InChI=1S/C12H11N3OS/c1-9-11(17-8-14-9)5-6-16-12-4-2-3-10(7-13)15-12/h2-4,8H,5-6H2,1H3. The minimum absolute atomic E-state index is 0.372. The molecule has 0 fully saturated rings. The molecule has 0 radical (unpaired) electrons. The van der Waals surface area contributed by atoms with Gasteiger partial charge in [0.25, 0.3) is 0 Å². The number of hydrogen-bond acceptors (Lipinski definition) is 5. The van der Waals surface area contributed by atoms with E-state index in [1.165, 1.54) is 4.88 Å². The maximum absolute atomic E-state index is 8.70. The van der Waals surface area contributed by atoms with E-state index in [0.29, 0.717) is 18.2 Å². The molecule has 0 unspecified atom stereocenters. The number of hydrogen-bond donors (Lipinski definition) is 0. The molecule has 0 aromatic carbocycles. The summed E-state index contributed by atoms with van der Waals surface area (Å²) in [5.41, 5.74) is 3.26. The van der Waals surface area contributed by atoms with Gasteiger partial charge in [-0.25, -0.2) is 9.97 Å². The second kappa shape index (κ2) is 5.41. The van der Waals surface area contributed by atoms with E-state index in [1.54, 1.807) is 29.5 Å². The molecule has 2 aromatic rings. The molecule has 5 heteroatoms. The van der Waals surface area contributed by atoms with Crippen molar-refractivity contribution in [3.8, 4) is 11.9 Å². The number of nitriles is 1. The zero-order valence-corrected chi connectivity index (χ0v) is 10.2. The molecule has 0 bridgehead atoms. The number of ether oxygens (including phenoxy) is 1. The van der Waals surface area contributed by atoms with Crippen molar-refractivity contribution in [3.63, 3.8) is 0 Å². The Morgan fingerprint density at radius 3 is 3.06 bits per heavy atom. The summed E-state index contributed by atoms with van der Waals surface area (Å²) < 4.78 is 5.49. The quantitative estimate of drug-likeness (QED) is 0.829. The molecule has 0 aliphatic heterocycles. The monoisotopic (exact) mass is 245 g/mol. The van der Waals surface area contributed by atoms with Crippen molar-refractivity contribution >= 4 is 11.3 Å². The number of rotatable bonds is 4. The number of aromatic nitrogens is 2. The molecule has 4 nitrogen and oxygen atoms in total. The number of nitrogens with zero attached hydrogens (tertiary/aromatic N) is 3. The summed E-state index contributed by atoms with van der Waals surface area (Å²) in [6.07, 6.45) is 0.814. The summed E-state index contributed by atoms with van der Waals surface area (Å²) in [5, 5.41) is 8.70. The SMILES string of the molecule is Cc1ncsc1CCOc1cccc(C#N)n1. The summed E-state index contributed by atoms with van der Waals surface area (Å²) in [5.74, 6) is 0.492. The first-order chi connectivity index (χ1) is 8.29. The van der Waals surface area contributed by atoms with Gasteiger partial charge in [-0.2, -0.15) is 5.26 Å². The van der Waals surface area contributed by atoms with Gasteiger partial charge >= 0.3 is 0 Å². The first-order valence-corrected chi connectivity index (χ1v) is 6.06. The lowest BCUT2D eigenvalue weighted by molar-refractivity contribution is 0.310. The first-order valence-electron chi connectivity index (χ1n) is 5.18. The zero-order valence-electron chi connectivity index (χ0n) is 9.38. The molecule has 17 heavy (non-hydrogen) atoms. The fourth-order valence-corrected chi connectivity index (χ4v) is 2.13. The Kier molecular flexibility index (Phi) is 3.68. The van der Waals surface area contributed by atoms with Gasteiger partial charge in [-0.1, -0.05) is 6.07 Å². The van der Waals surface area contributed by atoms with Crippen molar-refractivity contribution < 1.29 is 4.74 Å². The lowest BCUT2D eigenvalue weighted by Gasteiger charge is -2.04. The van der Waals surface area contributed by atoms with Crippen molar-refractivity contribution in [1.29, 1.82) is 5.26 Å². The van der Waals surface area contributed by atoms with Crippen LogP contribution in [-0.4, -0.2) is 16.6 Å². The Morgan fingerprint density at radius 1 is 1.47 bits per heavy atom. The third-order valence-corrected chi connectivity index (χ3v) is 3.26. The van der Waals surface area contributed by atoms with E-state index in [1.807, 2.05) is 18.5 Å². The first kappa shape index (κ1) is 11.6. The summed E-state index contributed by atoms with van der Waals surface area (Å²) in [4.78, 5) is 9.43. The van der Waals surface area contributed by atoms with Crippen LogP contribution in [0.2, 0.25) is 0 Å². The fraction of sp³-hybridized carbons (Fsp3) is 0.250. The zero-order chi connectivity index (χ0) is 12.1. The predicted octanol–water partition coefficient (Wildman–Crippen LogP) is 2.34. The van der Waals surface area contributed by atoms with E-state index in [0.717, 1.165) is 12.1 Å². The number of pyridine rings is 1. The van der Waals surface area contributed by atoms with Crippen molar-refractivity contribution in [3.05, 3.63) is 40.0 Å². The highest BCUT2D eigenvalue weighted by Gasteiger charge is 2.02. The normalized spacial score (nSPS) is 9.88. The Morgan fingerprint density at radius 2 is 2.35 bits per heavy atom. The molecule has 0 amide bonds. The summed E-state index contributed by atoms with van der Waals surface area (Å²) in [7, 11) is 0. The van der Waals surface area contributed by atoms with Crippen LogP contribution < -0.4 is 4.74 Å². The largest absolute Gasteiger partial charge is 0.477 e. The minimum atomic E-state index is 0.372. The molecule has 86 valence electrons. The van der Waals surface area contributed by atoms with Gasteiger partial charge in [0.2, 0.25) is 5.88 Å². The molecule has 2 heterocycles. The number of thiazole rings is 1. The Bertz CT molecular complexity index is 545. The molecule has 0 N–H and O–H groups in total. The molecule has 0 saturated heterocycles. The average molecular weight is 245 g/mol. The molecule has 0 atom stereocenters. The van der Waals surface area contributed by atoms with Gasteiger partial charge in [0.1, 0.15) is 11.8 Å². The molecule has 0 spiro atoms. The fourth-order valence-electron chi connectivity index (χ4n) is 1.37. The highest BCUT2D eigenvalue weighted by atomic mass is 32.1. The van der Waals surface area contributed by atoms with E-state index in [2.05, 4.69) is 9.97 Å².